The van der Waals surface area contributed by atoms with Gasteiger partial charge in [0.1, 0.15) is 0 Å². The molecule has 102 valence electrons. The Bertz CT molecular complexity index is 557. The Hall–Kier alpha value is -1.62. The van der Waals surface area contributed by atoms with Crippen LogP contribution in [0.3, 0.4) is 0 Å². The molecule has 2 unspecified atom stereocenters. The summed E-state index contributed by atoms with van der Waals surface area (Å²) in [6, 6.07) is 1.71. The Kier molecular flexibility index (Phi) is 3.26. The number of carbonyl (C=O) groups is 2. The van der Waals surface area contributed by atoms with E-state index >= 15 is 0 Å². The number of aryl methyl sites for hydroxylation is 1. The summed E-state index contributed by atoms with van der Waals surface area (Å²) in [5.41, 5.74) is 0.752. The molecule has 1 aromatic rings. The van der Waals surface area contributed by atoms with E-state index in [0.717, 1.165) is 5.56 Å². The van der Waals surface area contributed by atoms with Gasteiger partial charge >= 0.3 is 5.97 Å². The molecule has 0 bridgehead atoms. The van der Waals surface area contributed by atoms with Crippen molar-refractivity contribution < 1.29 is 14.7 Å². The highest BCUT2D eigenvalue weighted by Crippen LogP contribution is 2.58. The predicted octanol–water partition coefficient (Wildman–Crippen LogP) is 2.34. The SMILES string of the molecule is Cc1cnc(Cl)c(NC(=O)C2C(C(=O)O)C2(C)C)c1. The van der Waals surface area contributed by atoms with Gasteiger partial charge in [0.25, 0.3) is 0 Å². The number of carboxylic acid groups (broad SMARTS) is 1. The molecule has 0 spiro atoms. The first-order chi connectivity index (χ1) is 8.75. The zero-order valence-electron chi connectivity index (χ0n) is 10.9. The Labute approximate surface area is 116 Å². The number of hydrogen-bond acceptors (Lipinski definition) is 3. The van der Waals surface area contributed by atoms with Crippen molar-refractivity contribution in [3.8, 4) is 0 Å². The van der Waals surface area contributed by atoms with Crippen LogP contribution >= 0.6 is 11.6 Å². The largest absolute Gasteiger partial charge is 0.481 e. The molecule has 6 heteroatoms. The summed E-state index contributed by atoms with van der Waals surface area (Å²) in [6.07, 6.45) is 1.60. The second kappa shape index (κ2) is 4.49. The molecule has 2 rings (SSSR count). The van der Waals surface area contributed by atoms with Crippen molar-refractivity contribution in [1.82, 2.24) is 4.98 Å². The van der Waals surface area contributed by atoms with E-state index in [-0.39, 0.29) is 11.1 Å². The Morgan fingerprint density at radius 2 is 2.05 bits per heavy atom. The van der Waals surface area contributed by atoms with Crippen LogP contribution in [-0.4, -0.2) is 22.0 Å². The van der Waals surface area contributed by atoms with Crippen molar-refractivity contribution >= 4 is 29.2 Å². The van der Waals surface area contributed by atoms with Crippen molar-refractivity contribution in [2.45, 2.75) is 20.8 Å². The van der Waals surface area contributed by atoms with E-state index in [4.69, 9.17) is 16.7 Å². The lowest BCUT2D eigenvalue weighted by atomic mass is 10.1. The standard InChI is InChI=1S/C13H15ClN2O3/c1-6-4-7(10(14)15-5-6)16-11(17)8-9(12(18)19)13(8,2)3/h4-5,8-9H,1-3H3,(H,16,17)(H,18,19). The van der Waals surface area contributed by atoms with E-state index in [1.54, 1.807) is 26.1 Å². The lowest BCUT2D eigenvalue weighted by Gasteiger charge is -2.08. The fraction of sp³-hybridized carbons (Fsp3) is 0.462. The Morgan fingerprint density at radius 1 is 1.42 bits per heavy atom. The summed E-state index contributed by atoms with van der Waals surface area (Å²) in [6.45, 7) is 5.37. The van der Waals surface area contributed by atoms with E-state index < -0.39 is 23.2 Å². The predicted molar refractivity (Wildman–Crippen MR) is 71.0 cm³/mol. The lowest BCUT2D eigenvalue weighted by molar-refractivity contribution is -0.140. The number of nitrogens with one attached hydrogen (secondary N) is 1. The maximum atomic E-state index is 12.1. The van der Waals surface area contributed by atoms with Crippen molar-refractivity contribution in [2.24, 2.45) is 17.3 Å². The molecular formula is C13H15ClN2O3. The first kappa shape index (κ1) is 13.8. The molecule has 1 amide bonds. The third-order valence-corrected chi connectivity index (χ3v) is 3.91. The minimum absolute atomic E-state index is 0.198. The summed E-state index contributed by atoms with van der Waals surface area (Å²) in [5.74, 6) is -2.46. The van der Waals surface area contributed by atoms with Gasteiger partial charge in [-0.15, -0.1) is 0 Å². The highest BCUT2D eigenvalue weighted by molar-refractivity contribution is 6.32. The molecule has 1 aromatic heterocycles. The molecule has 1 aliphatic rings. The molecule has 0 aliphatic heterocycles. The van der Waals surface area contributed by atoms with Crippen LogP contribution in [-0.2, 0) is 9.59 Å². The van der Waals surface area contributed by atoms with Crippen molar-refractivity contribution in [3.63, 3.8) is 0 Å². The number of aliphatic carboxylic acids is 1. The topological polar surface area (TPSA) is 79.3 Å². The van der Waals surface area contributed by atoms with E-state index in [0.29, 0.717) is 5.69 Å². The number of carbonyl (C=O) groups excluding carboxylic acids is 1. The van der Waals surface area contributed by atoms with E-state index in [2.05, 4.69) is 10.3 Å². The molecule has 0 saturated heterocycles. The summed E-state index contributed by atoms with van der Waals surface area (Å²) >= 11 is 5.89. The molecule has 2 atom stereocenters. The van der Waals surface area contributed by atoms with Crippen LogP contribution in [0.25, 0.3) is 0 Å². The number of rotatable bonds is 3. The van der Waals surface area contributed by atoms with Crippen LogP contribution in [0.5, 0.6) is 0 Å². The van der Waals surface area contributed by atoms with Gasteiger partial charge in [-0.05, 0) is 24.0 Å². The highest BCUT2D eigenvalue weighted by atomic mass is 35.5. The lowest BCUT2D eigenvalue weighted by Crippen LogP contribution is -2.18. The smallest absolute Gasteiger partial charge is 0.307 e. The second-order valence-corrected chi connectivity index (χ2v) is 5.81. The van der Waals surface area contributed by atoms with Gasteiger partial charge < -0.3 is 10.4 Å². The molecule has 5 nitrogen and oxygen atoms in total. The van der Waals surface area contributed by atoms with E-state index in [9.17, 15) is 9.59 Å². The van der Waals surface area contributed by atoms with E-state index in [1.807, 2.05) is 6.92 Å². The molecular weight excluding hydrogens is 268 g/mol. The number of hydrogen-bond donors (Lipinski definition) is 2. The van der Waals surface area contributed by atoms with Gasteiger partial charge in [-0.2, -0.15) is 0 Å². The minimum Gasteiger partial charge on any atom is -0.481 e. The molecule has 1 saturated carbocycles. The summed E-state index contributed by atoms with van der Waals surface area (Å²) in [7, 11) is 0. The maximum absolute atomic E-state index is 12.1. The normalized spacial score (nSPS) is 23.8. The van der Waals surface area contributed by atoms with Crippen molar-refractivity contribution in [1.29, 1.82) is 0 Å². The Balaban J connectivity index is 2.15. The van der Waals surface area contributed by atoms with Gasteiger partial charge in [0, 0.05) is 6.20 Å². The third kappa shape index (κ3) is 2.42. The number of carboxylic acids is 1. The van der Waals surface area contributed by atoms with Gasteiger partial charge in [-0.25, -0.2) is 4.98 Å². The number of aromatic nitrogens is 1. The van der Waals surface area contributed by atoms with Crippen LogP contribution in [0, 0.1) is 24.2 Å². The molecule has 19 heavy (non-hydrogen) atoms. The van der Waals surface area contributed by atoms with Gasteiger partial charge in [0.05, 0.1) is 17.5 Å². The minimum atomic E-state index is -0.946. The first-order valence-electron chi connectivity index (χ1n) is 5.91. The summed E-state index contributed by atoms with van der Waals surface area (Å²) < 4.78 is 0. The maximum Gasteiger partial charge on any atom is 0.307 e. The zero-order valence-corrected chi connectivity index (χ0v) is 11.7. The molecule has 1 heterocycles. The summed E-state index contributed by atoms with van der Waals surface area (Å²) in [5, 5.41) is 11.9. The first-order valence-corrected chi connectivity index (χ1v) is 6.28. The molecule has 2 N–H and O–H groups in total. The number of anilines is 1. The fourth-order valence-electron chi connectivity index (χ4n) is 2.44. The van der Waals surface area contributed by atoms with Crippen LogP contribution in [0.15, 0.2) is 12.3 Å². The number of nitrogens with zero attached hydrogens (tertiary/aromatic N) is 1. The third-order valence-electron chi connectivity index (χ3n) is 3.61. The zero-order chi connectivity index (χ0) is 14.4. The van der Waals surface area contributed by atoms with Gasteiger partial charge in [0.15, 0.2) is 5.15 Å². The van der Waals surface area contributed by atoms with Crippen molar-refractivity contribution in [3.05, 3.63) is 23.0 Å². The molecule has 1 aliphatic carbocycles. The van der Waals surface area contributed by atoms with Crippen LogP contribution in [0.4, 0.5) is 5.69 Å². The van der Waals surface area contributed by atoms with Gasteiger partial charge in [-0.1, -0.05) is 25.4 Å². The quantitative estimate of drug-likeness (QED) is 0.834. The Morgan fingerprint density at radius 3 is 2.58 bits per heavy atom. The summed E-state index contributed by atoms with van der Waals surface area (Å²) in [4.78, 5) is 27.1. The van der Waals surface area contributed by atoms with E-state index in [1.165, 1.54) is 0 Å². The highest BCUT2D eigenvalue weighted by Gasteiger charge is 2.65. The molecule has 1 fully saturated rings. The van der Waals surface area contributed by atoms with Crippen LogP contribution in [0.1, 0.15) is 19.4 Å². The average Bonchev–Trinajstić information content (AvgIpc) is 2.87. The number of amides is 1. The van der Waals surface area contributed by atoms with Gasteiger partial charge in [-0.3, -0.25) is 9.59 Å². The number of pyridine rings is 1. The average molecular weight is 283 g/mol. The molecule has 0 aromatic carbocycles. The fourth-order valence-corrected chi connectivity index (χ4v) is 2.59. The monoisotopic (exact) mass is 282 g/mol. The van der Waals surface area contributed by atoms with Crippen LogP contribution in [0.2, 0.25) is 5.15 Å². The van der Waals surface area contributed by atoms with Gasteiger partial charge in [0.2, 0.25) is 5.91 Å². The second-order valence-electron chi connectivity index (χ2n) is 5.46. The number of halogens is 1. The molecule has 0 radical (unpaired) electrons. The van der Waals surface area contributed by atoms with Crippen molar-refractivity contribution in [2.75, 3.05) is 5.32 Å². The van der Waals surface area contributed by atoms with Crippen LogP contribution < -0.4 is 5.32 Å².